The van der Waals surface area contributed by atoms with Gasteiger partial charge in [0.15, 0.2) is 0 Å². The van der Waals surface area contributed by atoms with E-state index < -0.39 is 0 Å². The Balaban J connectivity index is 1.97. The van der Waals surface area contributed by atoms with Crippen molar-refractivity contribution < 1.29 is 14.3 Å². The minimum Gasteiger partial charge on any atom is -0.496 e. The van der Waals surface area contributed by atoms with Gasteiger partial charge in [0.05, 0.1) is 13.5 Å². The molecule has 0 aromatic heterocycles. The first kappa shape index (κ1) is 20.3. The van der Waals surface area contributed by atoms with E-state index in [4.69, 9.17) is 4.74 Å². The predicted molar refractivity (Wildman–Crippen MR) is 103 cm³/mol. The molecule has 2 rings (SSSR count). The lowest BCUT2D eigenvalue weighted by Gasteiger charge is -2.26. The molecule has 1 saturated heterocycles. The summed E-state index contributed by atoms with van der Waals surface area (Å²) >= 11 is 0. The molecule has 1 aliphatic rings. The van der Waals surface area contributed by atoms with E-state index in [2.05, 4.69) is 20.8 Å². The van der Waals surface area contributed by atoms with E-state index in [1.165, 1.54) is 0 Å². The zero-order valence-electron chi connectivity index (χ0n) is 16.8. The fourth-order valence-corrected chi connectivity index (χ4v) is 3.30. The molecular formula is C21H32N2O3. The summed E-state index contributed by atoms with van der Waals surface area (Å²) in [4.78, 5) is 29.0. The average molecular weight is 360 g/mol. The number of rotatable bonds is 4. The van der Waals surface area contributed by atoms with Crippen molar-refractivity contribution in [1.29, 1.82) is 0 Å². The maximum absolute atomic E-state index is 12.8. The summed E-state index contributed by atoms with van der Waals surface area (Å²) in [5, 5.41) is 0. The number of amides is 2. The largest absolute Gasteiger partial charge is 0.496 e. The quantitative estimate of drug-likeness (QED) is 0.829. The average Bonchev–Trinajstić information content (AvgIpc) is 2.79. The van der Waals surface area contributed by atoms with Gasteiger partial charge in [0.1, 0.15) is 5.75 Å². The summed E-state index contributed by atoms with van der Waals surface area (Å²) in [6, 6.07) is 5.90. The van der Waals surface area contributed by atoms with Crippen LogP contribution < -0.4 is 4.74 Å². The van der Waals surface area contributed by atoms with Gasteiger partial charge in [-0.05, 0) is 24.8 Å². The molecule has 2 amide bonds. The van der Waals surface area contributed by atoms with Crippen LogP contribution in [0.2, 0.25) is 0 Å². The third-order valence-electron chi connectivity index (χ3n) is 4.66. The Hall–Kier alpha value is -2.04. The normalized spacial score (nSPS) is 15.6. The van der Waals surface area contributed by atoms with Gasteiger partial charge in [0, 0.05) is 38.2 Å². The molecule has 1 aromatic carbocycles. The van der Waals surface area contributed by atoms with Crippen molar-refractivity contribution in [3.63, 3.8) is 0 Å². The van der Waals surface area contributed by atoms with Crippen LogP contribution in [0, 0.1) is 12.3 Å². The lowest BCUT2D eigenvalue weighted by atomic mass is 9.91. The summed E-state index contributed by atoms with van der Waals surface area (Å²) in [5.41, 5.74) is 2.02. The molecular weight excluding hydrogens is 328 g/mol. The highest BCUT2D eigenvalue weighted by molar-refractivity contribution is 5.80. The number of hydrogen-bond acceptors (Lipinski definition) is 3. The first-order valence-electron chi connectivity index (χ1n) is 9.38. The molecule has 1 fully saturated rings. The zero-order chi connectivity index (χ0) is 19.3. The Bertz CT molecular complexity index is 649. The first-order valence-corrected chi connectivity index (χ1v) is 9.38. The van der Waals surface area contributed by atoms with Crippen LogP contribution in [0.1, 0.15) is 44.7 Å². The van der Waals surface area contributed by atoms with Gasteiger partial charge in [-0.15, -0.1) is 0 Å². The molecule has 1 aliphatic heterocycles. The van der Waals surface area contributed by atoms with Crippen LogP contribution in [0.25, 0.3) is 0 Å². The Morgan fingerprint density at radius 3 is 2.23 bits per heavy atom. The predicted octanol–water partition coefficient (Wildman–Crippen LogP) is 3.04. The van der Waals surface area contributed by atoms with Crippen molar-refractivity contribution in [2.24, 2.45) is 5.41 Å². The second kappa shape index (κ2) is 8.56. The van der Waals surface area contributed by atoms with E-state index >= 15 is 0 Å². The van der Waals surface area contributed by atoms with Gasteiger partial charge in [0.2, 0.25) is 11.8 Å². The SMILES string of the molecule is COc1ccc(C)cc1CC(=O)N1CCCN(C(=O)CC(C)(C)C)CC1. The van der Waals surface area contributed by atoms with Crippen LogP contribution >= 0.6 is 0 Å². The highest BCUT2D eigenvalue weighted by Gasteiger charge is 2.25. The monoisotopic (exact) mass is 360 g/mol. The lowest BCUT2D eigenvalue weighted by Crippen LogP contribution is -2.38. The lowest BCUT2D eigenvalue weighted by molar-refractivity contribution is -0.134. The van der Waals surface area contributed by atoms with Crippen LogP contribution in [0.5, 0.6) is 5.75 Å². The van der Waals surface area contributed by atoms with Gasteiger partial charge in [-0.1, -0.05) is 38.5 Å². The summed E-state index contributed by atoms with van der Waals surface area (Å²) < 4.78 is 5.38. The highest BCUT2D eigenvalue weighted by atomic mass is 16.5. The molecule has 0 saturated carbocycles. The second-order valence-corrected chi connectivity index (χ2v) is 8.34. The molecule has 26 heavy (non-hydrogen) atoms. The van der Waals surface area contributed by atoms with Gasteiger partial charge < -0.3 is 14.5 Å². The second-order valence-electron chi connectivity index (χ2n) is 8.34. The zero-order valence-corrected chi connectivity index (χ0v) is 16.8. The standard InChI is InChI=1S/C21H32N2O3/c1-16-7-8-18(26-5)17(13-16)14-19(24)22-9-6-10-23(12-11-22)20(25)15-21(2,3)4/h7-8,13H,6,9-12,14-15H2,1-5H3. The van der Waals surface area contributed by atoms with Crippen molar-refractivity contribution in [3.8, 4) is 5.75 Å². The van der Waals surface area contributed by atoms with Crippen LogP contribution in [0.3, 0.4) is 0 Å². The van der Waals surface area contributed by atoms with Crippen molar-refractivity contribution in [3.05, 3.63) is 29.3 Å². The summed E-state index contributed by atoms with van der Waals surface area (Å²) in [6.45, 7) is 10.9. The fourth-order valence-electron chi connectivity index (χ4n) is 3.30. The van der Waals surface area contributed by atoms with Crippen molar-refractivity contribution in [1.82, 2.24) is 9.80 Å². The van der Waals surface area contributed by atoms with Crippen LogP contribution in [0.4, 0.5) is 0 Å². The fraction of sp³-hybridized carbons (Fsp3) is 0.619. The number of ether oxygens (including phenoxy) is 1. The Morgan fingerprint density at radius 1 is 1.04 bits per heavy atom. The highest BCUT2D eigenvalue weighted by Crippen LogP contribution is 2.22. The van der Waals surface area contributed by atoms with Crippen molar-refractivity contribution >= 4 is 11.8 Å². The molecule has 0 spiro atoms. The molecule has 1 heterocycles. The number of carbonyl (C=O) groups is 2. The number of benzene rings is 1. The van der Waals surface area contributed by atoms with Gasteiger partial charge in [-0.25, -0.2) is 0 Å². The van der Waals surface area contributed by atoms with E-state index in [9.17, 15) is 9.59 Å². The Kier molecular flexibility index (Phi) is 6.68. The number of hydrogen-bond donors (Lipinski definition) is 0. The van der Waals surface area contributed by atoms with E-state index in [-0.39, 0.29) is 17.2 Å². The molecule has 5 nitrogen and oxygen atoms in total. The molecule has 0 unspecified atom stereocenters. The van der Waals surface area contributed by atoms with Gasteiger partial charge in [0.25, 0.3) is 0 Å². The van der Waals surface area contributed by atoms with E-state index in [0.717, 1.165) is 29.8 Å². The molecule has 144 valence electrons. The third-order valence-corrected chi connectivity index (χ3v) is 4.66. The van der Waals surface area contributed by atoms with Crippen LogP contribution in [-0.4, -0.2) is 54.9 Å². The van der Waals surface area contributed by atoms with Crippen molar-refractivity contribution in [2.45, 2.75) is 47.0 Å². The van der Waals surface area contributed by atoms with Gasteiger partial charge in [-0.3, -0.25) is 9.59 Å². The van der Waals surface area contributed by atoms with Crippen LogP contribution in [-0.2, 0) is 16.0 Å². The molecule has 0 bridgehead atoms. The molecule has 0 radical (unpaired) electrons. The maximum atomic E-state index is 12.8. The minimum atomic E-state index is -0.0133. The summed E-state index contributed by atoms with van der Waals surface area (Å²) in [6.07, 6.45) is 1.70. The van der Waals surface area contributed by atoms with Crippen LogP contribution in [0.15, 0.2) is 18.2 Å². The topological polar surface area (TPSA) is 49.9 Å². The summed E-state index contributed by atoms with van der Waals surface area (Å²) in [7, 11) is 1.63. The van der Waals surface area contributed by atoms with E-state index in [1.807, 2.05) is 34.9 Å². The van der Waals surface area contributed by atoms with Gasteiger partial charge in [-0.2, -0.15) is 0 Å². The Labute approximate surface area is 157 Å². The number of nitrogens with zero attached hydrogens (tertiary/aromatic N) is 2. The number of methoxy groups -OCH3 is 1. The molecule has 0 atom stereocenters. The minimum absolute atomic E-state index is 0.0133. The molecule has 1 aromatic rings. The number of aryl methyl sites for hydroxylation is 1. The molecule has 5 heteroatoms. The summed E-state index contributed by atoms with van der Waals surface area (Å²) in [5.74, 6) is 1.03. The Morgan fingerprint density at radius 2 is 1.65 bits per heavy atom. The molecule has 0 N–H and O–H groups in total. The van der Waals surface area contributed by atoms with E-state index in [0.29, 0.717) is 32.5 Å². The maximum Gasteiger partial charge on any atom is 0.227 e. The smallest absolute Gasteiger partial charge is 0.227 e. The van der Waals surface area contributed by atoms with Crippen molar-refractivity contribution in [2.75, 3.05) is 33.3 Å². The van der Waals surface area contributed by atoms with Gasteiger partial charge >= 0.3 is 0 Å². The first-order chi connectivity index (χ1) is 12.2. The number of carbonyl (C=O) groups excluding carboxylic acids is 2. The third kappa shape index (κ3) is 5.75. The molecule has 0 aliphatic carbocycles. The van der Waals surface area contributed by atoms with E-state index in [1.54, 1.807) is 7.11 Å².